The highest BCUT2D eigenvalue weighted by atomic mass is 16.7. The highest BCUT2D eigenvalue weighted by Gasteiger charge is 2.37. The van der Waals surface area contributed by atoms with Crippen molar-refractivity contribution in [2.45, 2.75) is 39.5 Å². The molecule has 0 unspecified atom stereocenters. The molecule has 0 bridgehead atoms. The third-order valence-corrected chi connectivity index (χ3v) is 2.62. The summed E-state index contributed by atoms with van der Waals surface area (Å²) in [6.07, 6.45) is 4.52. The average Bonchev–Trinajstić information content (AvgIpc) is 2.11. The molecule has 0 aromatic rings. The number of hydrogen-bond acceptors (Lipinski definition) is 3. The number of rotatable bonds is 4. The van der Waals surface area contributed by atoms with E-state index < -0.39 is 7.32 Å². The lowest BCUT2D eigenvalue weighted by Crippen LogP contribution is -2.44. The SMILES string of the molecule is CCCC1(CCC)COB(O)OC1. The predicted octanol–water partition coefficient (Wildman–Crippen LogP) is 1.60. The van der Waals surface area contributed by atoms with Crippen molar-refractivity contribution in [3.05, 3.63) is 0 Å². The fraction of sp³-hybridized carbons (Fsp3) is 1.00. The Balaban J connectivity index is 2.47. The van der Waals surface area contributed by atoms with E-state index in [2.05, 4.69) is 13.8 Å². The summed E-state index contributed by atoms with van der Waals surface area (Å²) in [5.41, 5.74) is 0.155. The van der Waals surface area contributed by atoms with Crippen molar-refractivity contribution in [1.29, 1.82) is 0 Å². The van der Waals surface area contributed by atoms with Gasteiger partial charge >= 0.3 is 7.32 Å². The van der Waals surface area contributed by atoms with Crippen molar-refractivity contribution in [1.82, 2.24) is 0 Å². The van der Waals surface area contributed by atoms with E-state index in [9.17, 15) is 0 Å². The summed E-state index contributed by atoms with van der Waals surface area (Å²) in [6, 6.07) is 0. The lowest BCUT2D eigenvalue weighted by Gasteiger charge is -2.37. The van der Waals surface area contributed by atoms with Gasteiger partial charge in [-0.25, -0.2) is 0 Å². The highest BCUT2D eigenvalue weighted by molar-refractivity contribution is 6.34. The van der Waals surface area contributed by atoms with E-state index in [1.165, 1.54) is 0 Å². The minimum Gasteiger partial charge on any atom is -0.402 e. The van der Waals surface area contributed by atoms with Crippen LogP contribution in [0.4, 0.5) is 0 Å². The Kier molecular flexibility index (Phi) is 4.23. The topological polar surface area (TPSA) is 38.7 Å². The van der Waals surface area contributed by atoms with E-state index in [1.807, 2.05) is 0 Å². The second kappa shape index (κ2) is 4.98. The predicted molar refractivity (Wildman–Crippen MR) is 52.1 cm³/mol. The first-order valence-electron chi connectivity index (χ1n) is 5.14. The van der Waals surface area contributed by atoms with Gasteiger partial charge in [0.15, 0.2) is 0 Å². The van der Waals surface area contributed by atoms with Crippen LogP contribution in [0.15, 0.2) is 0 Å². The van der Waals surface area contributed by atoms with Gasteiger partial charge in [-0.2, -0.15) is 0 Å². The third kappa shape index (κ3) is 2.97. The zero-order valence-corrected chi connectivity index (χ0v) is 8.58. The summed E-state index contributed by atoms with van der Waals surface area (Å²) in [7, 11) is -0.998. The van der Waals surface area contributed by atoms with Crippen LogP contribution < -0.4 is 0 Å². The monoisotopic (exact) mass is 186 g/mol. The molecule has 0 amide bonds. The van der Waals surface area contributed by atoms with Gasteiger partial charge in [0.2, 0.25) is 0 Å². The molecule has 0 aromatic carbocycles. The molecule has 0 aliphatic carbocycles. The molecular weight excluding hydrogens is 167 g/mol. The van der Waals surface area contributed by atoms with Crippen LogP contribution in [0.1, 0.15) is 39.5 Å². The van der Waals surface area contributed by atoms with Crippen molar-refractivity contribution < 1.29 is 14.3 Å². The lowest BCUT2D eigenvalue weighted by atomic mass is 9.79. The van der Waals surface area contributed by atoms with Crippen LogP contribution in [0.5, 0.6) is 0 Å². The van der Waals surface area contributed by atoms with E-state index >= 15 is 0 Å². The quantitative estimate of drug-likeness (QED) is 0.677. The molecule has 1 aliphatic rings. The highest BCUT2D eigenvalue weighted by Crippen LogP contribution is 2.33. The van der Waals surface area contributed by atoms with E-state index in [1.54, 1.807) is 0 Å². The molecule has 0 radical (unpaired) electrons. The maximum atomic E-state index is 9.03. The normalized spacial score (nSPS) is 21.9. The Bertz CT molecular complexity index is 136. The van der Waals surface area contributed by atoms with E-state index in [-0.39, 0.29) is 5.41 Å². The van der Waals surface area contributed by atoms with E-state index in [4.69, 9.17) is 14.3 Å². The standard InChI is InChI=1S/C9H19BO3/c1-3-5-9(6-4-2)7-12-10(11)13-8-9/h11H,3-8H2,1-2H3. The first-order chi connectivity index (χ1) is 6.22. The zero-order chi connectivity index (χ0) is 9.73. The maximum Gasteiger partial charge on any atom is 0.636 e. The first-order valence-corrected chi connectivity index (χ1v) is 5.14. The largest absolute Gasteiger partial charge is 0.636 e. The van der Waals surface area contributed by atoms with Gasteiger partial charge in [-0.05, 0) is 12.8 Å². The Labute approximate surface area is 80.6 Å². The molecule has 1 N–H and O–H groups in total. The average molecular weight is 186 g/mol. The summed E-state index contributed by atoms with van der Waals surface area (Å²) in [5.74, 6) is 0. The van der Waals surface area contributed by atoms with Crippen LogP contribution in [0.3, 0.4) is 0 Å². The van der Waals surface area contributed by atoms with Crippen LogP contribution in [-0.4, -0.2) is 25.6 Å². The fourth-order valence-corrected chi connectivity index (χ4v) is 2.06. The van der Waals surface area contributed by atoms with Crippen molar-refractivity contribution >= 4 is 7.32 Å². The molecule has 0 saturated carbocycles. The molecule has 1 aliphatic heterocycles. The van der Waals surface area contributed by atoms with Gasteiger partial charge in [-0.15, -0.1) is 0 Å². The molecule has 0 atom stereocenters. The van der Waals surface area contributed by atoms with Gasteiger partial charge in [0.25, 0.3) is 0 Å². The summed E-state index contributed by atoms with van der Waals surface area (Å²) in [4.78, 5) is 0. The lowest BCUT2D eigenvalue weighted by molar-refractivity contribution is -0.0333. The molecule has 1 heterocycles. The van der Waals surface area contributed by atoms with Crippen molar-refractivity contribution in [3.8, 4) is 0 Å². The minimum atomic E-state index is -0.998. The molecule has 1 rings (SSSR count). The van der Waals surface area contributed by atoms with E-state index in [0.717, 1.165) is 25.7 Å². The van der Waals surface area contributed by atoms with Crippen LogP contribution >= 0.6 is 0 Å². The van der Waals surface area contributed by atoms with Crippen molar-refractivity contribution in [2.75, 3.05) is 13.2 Å². The van der Waals surface area contributed by atoms with Crippen molar-refractivity contribution in [3.63, 3.8) is 0 Å². The molecule has 3 nitrogen and oxygen atoms in total. The fourth-order valence-electron chi connectivity index (χ4n) is 2.06. The Hall–Kier alpha value is -0.0551. The third-order valence-electron chi connectivity index (χ3n) is 2.62. The molecular formula is C9H19BO3. The first kappa shape index (κ1) is 11.0. The second-order valence-corrected chi connectivity index (χ2v) is 3.93. The van der Waals surface area contributed by atoms with E-state index in [0.29, 0.717) is 13.2 Å². The smallest absolute Gasteiger partial charge is 0.402 e. The number of hydrogen-bond donors (Lipinski definition) is 1. The van der Waals surface area contributed by atoms with Crippen LogP contribution in [0, 0.1) is 5.41 Å². The summed E-state index contributed by atoms with van der Waals surface area (Å²) < 4.78 is 10.3. The minimum absolute atomic E-state index is 0.155. The Morgan fingerprint density at radius 1 is 1.15 bits per heavy atom. The van der Waals surface area contributed by atoms with Gasteiger partial charge in [0, 0.05) is 18.6 Å². The maximum absolute atomic E-state index is 9.03. The molecule has 1 saturated heterocycles. The Morgan fingerprint density at radius 2 is 1.62 bits per heavy atom. The molecule has 13 heavy (non-hydrogen) atoms. The van der Waals surface area contributed by atoms with Crippen LogP contribution in [-0.2, 0) is 9.31 Å². The van der Waals surface area contributed by atoms with Crippen LogP contribution in [0.25, 0.3) is 0 Å². The summed E-state index contributed by atoms with van der Waals surface area (Å²) in [6.45, 7) is 5.61. The molecule has 1 fully saturated rings. The van der Waals surface area contributed by atoms with Gasteiger partial charge in [0.1, 0.15) is 0 Å². The van der Waals surface area contributed by atoms with Crippen molar-refractivity contribution in [2.24, 2.45) is 5.41 Å². The molecule has 76 valence electrons. The van der Waals surface area contributed by atoms with Gasteiger partial charge in [-0.3, -0.25) is 0 Å². The van der Waals surface area contributed by atoms with Gasteiger partial charge in [0.05, 0.1) is 0 Å². The van der Waals surface area contributed by atoms with Gasteiger partial charge < -0.3 is 14.3 Å². The molecule has 4 heteroatoms. The molecule has 0 aromatic heterocycles. The zero-order valence-electron chi connectivity index (χ0n) is 8.58. The van der Waals surface area contributed by atoms with Crippen LogP contribution in [0.2, 0.25) is 0 Å². The van der Waals surface area contributed by atoms with Gasteiger partial charge in [-0.1, -0.05) is 26.7 Å². The molecule has 0 spiro atoms. The Morgan fingerprint density at radius 3 is 2.00 bits per heavy atom. The summed E-state index contributed by atoms with van der Waals surface area (Å²) in [5, 5.41) is 9.03. The summed E-state index contributed by atoms with van der Waals surface area (Å²) >= 11 is 0. The second-order valence-electron chi connectivity index (χ2n) is 3.93.